The second kappa shape index (κ2) is 13.0. The van der Waals surface area contributed by atoms with E-state index < -0.39 is 0 Å². The summed E-state index contributed by atoms with van der Waals surface area (Å²) in [7, 11) is 0. The molecule has 5 aromatic rings. The van der Waals surface area contributed by atoms with Crippen molar-refractivity contribution in [2.45, 2.75) is 44.9 Å². The molecule has 2 aromatic carbocycles. The van der Waals surface area contributed by atoms with Gasteiger partial charge in [0.05, 0.1) is 45.8 Å². The Kier molecular flexibility index (Phi) is 8.79. The lowest BCUT2D eigenvalue weighted by Crippen LogP contribution is -2.32. The zero-order valence-corrected chi connectivity index (χ0v) is 24.7. The minimum Gasteiger partial charge on any atom is -0.348 e. The fourth-order valence-corrected chi connectivity index (χ4v) is 6.14. The maximum atomic E-state index is 13.5. The Morgan fingerprint density at radius 2 is 1.77 bits per heavy atom. The molecule has 6 rings (SSSR count). The molecular formula is C33H29Cl2FN6O. The minimum atomic E-state index is -0.357. The Balaban J connectivity index is 1.23. The van der Waals surface area contributed by atoms with Gasteiger partial charge in [0.1, 0.15) is 11.6 Å². The van der Waals surface area contributed by atoms with Crippen molar-refractivity contribution in [1.82, 2.24) is 30.2 Å². The Hall–Kier alpha value is -4.11. The molecule has 218 valence electrons. The number of hydrogen-bond donors (Lipinski definition) is 2. The van der Waals surface area contributed by atoms with Gasteiger partial charge in [0.2, 0.25) is 0 Å². The van der Waals surface area contributed by atoms with E-state index in [1.807, 2.05) is 24.4 Å². The summed E-state index contributed by atoms with van der Waals surface area (Å²) in [5.41, 5.74) is 6.35. The molecule has 1 amide bonds. The maximum absolute atomic E-state index is 13.5. The summed E-state index contributed by atoms with van der Waals surface area (Å²) >= 11 is 12.3. The number of imidazole rings is 1. The summed E-state index contributed by atoms with van der Waals surface area (Å²) in [4.78, 5) is 32.0. The predicted octanol–water partition coefficient (Wildman–Crippen LogP) is 7.32. The first-order chi connectivity index (χ1) is 20.9. The van der Waals surface area contributed by atoms with Crippen LogP contribution in [0.5, 0.6) is 0 Å². The van der Waals surface area contributed by atoms with Crippen molar-refractivity contribution in [2.24, 2.45) is 0 Å². The highest BCUT2D eigenvalue weighted by atomic mass is 35.5. The van der Waals surface area contributed by atoms with E-state index in [0.29, 0.717) is 19.6 Å². The first-order valence-electron chi connectivity index (χ1n) is 14.1. The number of carbonyl (C=O) groups is 1. The number of nitrogens with zero attached hydrogens (tertiary/aromatic N) is 4. The highest BCUT2D eigenvalue weighted by Gasteiger charge is 2.28. The smallest absolute Gasteiger partial charge is 0.254 e. The first kappa shape index (κ1) is 29.0. The zero-order chi connectivity index (χ0) is 29.8. The topological polar surface area (TPSA) is 86.8 Å². The minimum absolute atomic E-state index is 0.114. The number of carbonyl (C=O) groups excluding carboxylic acids is 1. The molecule has 1 unspecified atom stereocenters. The number of hydrogen-bond acceptors (Lipinski definition) is 5. The van der Waals surface area contributed by atoms with Crippen LogP contribution in [0.15, 0.2) is 85.5 Å². The standard InChI is InChI=1S/C33H29Cl2FN6O/c34-26-16-37-17-27(35)31(26)33(43)40-15-21-4-1-5-22(14-21)19-42(29-8-2-6-24-7-3-13-38-32(24)29)20-30-39-18-28(41-30)23-9-11-25(36)12-10-23/h1,3-5,7,9-14,16-18,29H,2,6,8,15,19-20H2,(H,39,41)(H,40,43). The molecule has 0 fully saturated rings. The van der Waals surface area contributed by atoms with Crippen molar-refractivity contribution in [1.29, 1.82) is 0 Å². The number of benzene rings is 2. The Bertz CT molecular complexity index is 1720. The average Bonchev–Trinajstić information content (AvgIpc) is 3.48. The van der Waals surface area contributed by atoms with E-state index in [9.17, 15) is 9.18 Å². The Morgan fingerprint density at radius 1 is 0.977 bits per heavy atom. The van der Waals surface area contributed by atoms with Gasteiger partial charge in [-0.25, -0.2) is 9.37 Å². The predicted molar refractivity (Wildman–Crippen MR) is 165 cm³/mol. The van der Waals surface area contributed by atoms with E-state index in [2.05, 4.69) is 43.4 Å². The largest absolute Gasteiger partial charge is 0.348 e. The molecule has 1 aliphatic rings. The summed E-state index contributed by atoms with van der Waals surface area (Å²) in [5.74, 6) is 0.186. The van der Waals surface area contributed by atoms with Gasteiger partial charge >= 0.3 is 0 Å². The molecule has 43 heavy (non-hydrogen) atoms. The summed E-state index contributed by atoms with van der Waals surface area (Å²) in [6.45, 7) is 1.54. The highest BCUT2D eigenvalue weighted by molar-refractivity contribution is 6.39. The third-order valence-corrected chi connectivity index (χ3v) is 8.23. The number of aryl methyl sites for hydroxylation is 1. The molecule has 1 atom stereocenters. The Morgan fingerprint density at radius 3 is 2.58 bits per heavy atom. The maximum Gasteiger partial charge on any atom is 0.254 e. The van der Waals surface area contributed by atoms with Crippen LogP contribution < -0.4 is 5.32 Å². The lowest BCUT2D eigenvalue weighted by atomic mass is 9.90. The van der Waals surface area contributed by atoms with Gasteiger partial charge in [-0.3, -0.25) is 19.7 Å². The molecule has 0 saturated carbocycles. The third kappa shape index (κ3) is 6.77. The number of amides is 1. The number of pyridine rings is 2. The van der Waals surface area contributed by atoms with Gasteiger partial charge in [0, 0.05) is 31.7 Å². The van der Waals surface area contributed by atoms with Crippen LogP contribution in [0.2, 0.25) is 10.0 Å². The van der Waals surface area contributed by atoms with Crippen LogP contribution in [0.3, 0.4) is 0 Å². The number of aromatic amines is 1. The van der Waals surface area contributed by atoms with Crippen molar-refractivity contribution in [3.8, 4) is 11.3 Å². The van der Waals surface area contributed by atoms with Crippen LogP contribution >= 0.6 is 23.2 Å². The summed E-state index contributed by atoms with van der Waals surface area (Å²) in [6.07, 6.45) is 9.53. The number of H-pyrrole nitrogens is 1. The lowest BCUT2D eigenvalue weighted by molar-refractivity contribution is 0.0951. The van der Waals surface area contributed by atoms with Crippen LogP contribution in [0.25, 0.3) is 11.3 Å². The molecule has 2 N–H and O–H groups in total. The zero-order valence-electron chi connectivity index (χ0n) is 23.2. The molecule has 0 saturated heterocycles. The van der Waals surface area contributed by atoms with Crippen LogP contribution in [0, 0.1) is 5.82 Å². The van der Waals surface area contributed by atoms with E-state index in [0.717, 1.165) is 53.2 Å². The molecule has 10 heteroatoms. The average molecular weight is 616 g/mol. The first-order valence-corrected chi connectivity index (χ1v) is 14.8. The van der Waals surface area contributed by atoms with E-state index in [-0.39, 0.29) is 33.4 Å². The van der Waals surface area contributed by atoms with Gasteiger partial charge in [-0.05, 0) is 71.8 Å². The second-order valence-electron chi connectivity index (χ2n) is 10.6. The fourth-order valence-electron chi connectivity index (χ4n) is 5.60. The summed E-state index contributed by atoms with van der Waals surface area (Å²) in [5, 5.41) is 3.33. The molecule has 0 aliphatic heterocycles. The summed E-state index contributed by atoms with van der Waals surface area (Å²) < 4.78 is 13.5. The number of fused-ring (bicyclic) bond motifs is 1. The van der Waals surface area contributed by atoms with Crippen LogP contribution in [0.1, 0.15) is 57.5 Å². The van der Waals surface area contributed by atoms with Crippen LogP contribution in [-0.4, -0.2) is 30.7 Å². The molecular weight excluding hydrogens is 586 g/mol. The normalized spacial score (nSPS) is 14.5. The molecule has 0 bridgehead atoms. The number of rotatable bonds is 9. The van der Waals surface area contributed by atoms with E-state index in [1.54, 1.807) is 18.3 Å². The van der Waals surface area contributed by atoms with Crippen molar-refractivity contribution in [2.75, 3.05) is 0 Å². The van der Waals surface area contributed by atoms with Gasteiger partial charge < -0.3 is 10.3 Å². The number of halogens is 3. The molecule has 1 aliphatic carbocycles. The third-order valence-electron chi connectivity index (χ3n) is 7.65. The van der Waals surface area contributed by atoms with E-state index >= 15 is 0 Å². The monoisotopic (exact) mass is 614 g/mol. The second-order valence-corrected chi connectivity index (χ2v) is 11.4. The van der Waals surface area contributed by atoms with E-state index in [4.69, 9.17) is 28.2 Å². The molecule has 3 aromatic heterocycles. The molecule has 0 spiro atoms. The lowest BCUT2D eigenvalue weighted by Gasteiger charge is -2.34. The van der Waals surface area contributed by atoms with Gasteiger partial charge in [0.25, 0.3) is 5.91 Å². The van der Waals surface area contributed by atoms with Gasteiger partial charge in [-0.15, -0.1) is 0 Å². The van der Waals surface area contributed by atoms with Gasteiger partial charge in [-0.1, -0.05) is 53.5 Å². The molecule has 0 radical (unpaired) electrons. The van der Waals surface area contributed by atoms with Gasteiger partial charge in [0.15, 0.2) is 0 Å². The quantitative estimate of drug-likeness (QED) is 0.182. The highest BCUT2D eigenvalue weighted by Crippen LogP contribution is 2.35. The van der Waals surface area contributed by atoms with Gasteiger partial charge in [-0.2, -0.15) is 0 Å². The van der Waals surface area contributed by atoms with Crippen molar-refractivity contribution >= 4 is 29.1 Å². The summed E-state index contributed by atoms with van der Waals surface area (Å²) in [6, 6.07) is 18.8. The van der Waals surface area contributed by atoms with Crippen LogP contribution in [-0.2, 0) is 26.1 Å². The molecule has 7 nitrogen and oxygen atoms in total. The van der Waals surface area contributed by atoms with Crippen molar-refractivity contribution in [3.63, 3.8) is 0 Å². The van der Waals surface area contributed by atoms with Crippen molar-refractivity contribution < 1.29 is 9.18 Å². The number of aromatic nitrogens is 4. The van der Waals surface area contributed by atoms with Crippen LogP contribution in [0.4, 0.5) is 4.39 Å². The van der Waals surface area contributed by atoms with E-state index in [1.165, 1.54) is 30.1 Å². The fraction of sp³-hybridized carbons (Fsp3) is 0.212. The Labute approximate surface area is 259 Å². The number of nitrogens with one attached hydrogen (secondary N) is 2. The SMILES string of the molecule is O=C(NCc1cccc(CN(Cc2ncc(-c3ccc(F)cc3)[nH]2)C2CCCc3cccnc32)c1)c1c(Cl)cncc1Cl. The molecule has 3 heterocycles. The van der Waals surface area contributed by atoms with Crippen molar-refractivity contribution in [3.05, 3.63) is 135 Å².